The Hall–Kier alpha value is -0.0800. The number of likely N-dealkylation sites (N-methyl/N-ethyl adjacent to an activating group) is 1. The average molecular weight is 394 g/mol. The van der Waals surface area contributed by atoms with Crippen molar-refractivity contribution in [1.82, 2.24) is 15.1 Å². The molecule has 0 aromatic carbocycles. The number of ether oxygens (including phenoxy) is 1. The second-order valence-corrected chi connectivity index (χ2v) is 6.01. The van der Waals surface area contributed by atoms with Gasteiger partial charge in [-0.25, -0.2) is 0 Å². The van der Waals surface area contributed by atoms with Gasteiger partial charge in [0.15, 0.2) is 5.96 Å². The van der Waals surface area contributed by atoms with Crippen LogP contribution in [0.5, 0.6) is 0 Å². The van der Waals surface area contributed by atoms with Crippen LogP contribution in [0.4, 0.5) is 0 Å². The zero-order valence-corrected chi connectivity index (χ0v) is 14.8. The molecular weight excluding hydrogens is 367 g/mol. The van der Waals surface area contributed by atoms with Crippen molar-refractivity contribution >= 4 is 29.9 Å². The molecule has 0 atom stereocenters. The van der Waals surface area contributed by atoms with Crippen LogP contribution >= 0.6 is 24.0 Å². The Morgan fingerprint density at radius 1 is 1.20 bits per heavy atom. The van der Waals surface area contributed by atoms with Crippen LogP contribution in [0.25, 0.3) is 0 Å². The molecule has 0 unspecified atom stereocenters. The Kier molecular flexibility index (Phi) is 5.92. The van der Waals surface area contributed by atoms with E-state index in [-0.39, 0.29) is 24.0 Å². The fourth-order valence-corrected chi connectivity index (χ4v) is 3.51. The molecule has 3 heterocycles. The van der Waals surface area contributed by atoms with Crippen molar-refractivity contribution in [2.45, 2.75) is 31.2 Å². The summed E-state index contributed by atoms with van der Waals surface area (Å²) >= 11 is 0. The van der Waals surface area contributed by atoms with Crippen molar-refractivity contribution in [2.75, 3.05) is 53.0 Å². The van der Waals surface area contributed by atoms with E-state index in [1.165, 1.54) is 25.9 Å². The van der Waals surface area contributed by atoms with E-state index < -0.39 is 0 Å². The predicted octanol–water partition coefficient (Wildman–Crippen LogP) is 1.14. The van der Waals surface area contributed by atoms with Gasteiger partial charge in [0, 0.05) is 38.9 Å². The first-order valence-electron chi connectivity index (χ1n) is 7.62. The van der Waals surface area contributed by atoms with Crippen LogP contribution in [0, 0.1) is 0 Å². The van der Waals surface area contributed by atoms with Gasteiger partial charge >= 0.3 is 0 Å². The van der Waals surface area contributed by atoms with Crippen LogP contribution in [0.3, 0.4) is 0 Å². The molecule has 116 valence electrons. The number of nitrogens with one attached hydrogen (secondary N) is 1. The van der Waals surface area contributed by atoms with E-state index in [2.05, 4.69) is 27.2 Å². The van der Waals surface area contributed by atoms with E-state index in [4.69, 9.17) is 4.74 Å². The number of halogens is 1. The molecule has 0 bridgehead atoms. The molecule has 2 saturated heterocycles. The Bertz CT molecular complexity index is 338. The van der Waals surface area contributed by atoms with Crippen LogP contribution < -0.4 is 5.32 Å². The lowest BCUT2D eigenvalue weighted by molar-refractivity contribution is -0.0165. The molecule has 0 aromatic heterocycles. The number of likely N-dealkylation sites (tertiary alicyclic amines) is 1. The summed E-state index contributed by atoms with van der Waals surface area (Å²) in [5.41, 5.74) is 0.292. The molecule has 20 heavy (non-hydrogen) atoms. The van der Waals surface area contributed by atoms with Gasteiger partial charge in [-0.2, -0.15) is 0 Å². The summed E-state index contributed by atoms with van der Waals surface area (Å²) < 4.78 is 5.58. The third-order valence-electron chi connectivity index (χ3n) is 4.83. The lowest BCUT2D eigenvalue weighted by Gasteiger charge is -2.45. The highest BCUT2D eigenvalue weighted by Crippen LogP contribution is 2.30. The minimum atomic E-state index is 0. The number of nitrogens with zero attached hydrogens (tertiary/aromatic N) is 3. The maximum Gasteiger partial charge on any atom is 0.193 e. The van der Waals surface area contributed by atoms with Crippen LogP contribution in [0.2, 0.25) is 0 Å². The zero-order chi connectivity index (χ0) is 13.1. The Labute approximate surface area is 139 Å². The van der Waals surface area contributed by atoms with Gasteiger partial charge in [0.05, 0.1) is 6.54 Å². The molecule has 1 N–H and O–H groups in total. The van der Waals surface area contributed by atoms with Gasteiger partial charge in [0.25, 0.3) is 0 Å². The smallest absolute Gasteiger partial charge is 0.193 e. The quantitative estimate of drug-likeness (QED) is 0.729. The minimum Gasteiger partial charge on any atom is -0.381 e. The number of guanidine groups is 1. The summed E-state index contributed by atoms with van der Waals surface area (Å²) in [4.78, 5) is 9.45. The van der Waals surface area contributed by atoms with Crippen LogP contribution in [-0.4, -0.2) is 74.3 Å². The fourth-order valence-electron chi connectivity index (χ4n) is 3.51. The SMILES string of the molecule is CN1CCN=C1NCC1(N2CCCC2)CCOCC1.I. The van der Waals surface area contributed by atoms with Gasteiger partial charge in [0.2, 0.25) is 0 Å². The topological polar surface area (TPSA) is 40.1 Å². The van der Waals surface area contributed by atoms with E-state index >= 15 is 0 Å². The molecule has 5 nitrogen and oxygen atoms in total. The first-order chi connectivity index (χ1) is 9.30. The maximum atomic E-state index is 5.58. The highest BCUT2D eigenvalue weighted by molar-refractivity contribution is 14.0. The first-order valence-corrected chi connectivity index (χ1v) is 7.62. The molecule has 2 fully saturated rings. The molecular formula is C14H27IN4O. The van der Waals surface area contributed by atoms with Crippen molar-refractivity contribution in [3.05, 3.63) is 0 Å². The van der Waals surface area contributed by atoms with Gasteiger partial charge in [-0.1, -0.05) is 0 Å². The van der Waals surface area contributed by atoms with Crippen molar-refractivity contribution in [2.24, 2.45) is 4.99 Å². The number of hydrogen-bond donors (Lipinski definition) is 1. The van der Waals surface area contributed by atoms with Gasteiger partial charge in [-0.05, 0) is 38.8 Å². The third kappa shape index (κ3) is 3.39. The van der Waals surface area contributed by atoms with Crippen LogP contribution in [-0.2, 0) is 4.74 Å². The lowest BCUT2D eigenvalue weighted by atomic mass is 9.88. The molecule has 0 radical (unpaired) electrons. The second kappa shape index (κ2) is 7.26. The van der Waals surface area contributed by atoms with E-state index in [0.29, 0.717) is 5.54 Å². The van der Waals surface area contributed by atoms with E-state index in [0.717, 1.165) is 51.6 Å². The molecule has 0 aliphatic carbocycles. The summed E-state index contributed by atoms with van der Waals surface area (Å²) in [7, 11) is 2.12. The van der Waals surface area contributed by atoms with Crippen molar-refractivity contribution in [3.8, 4) is 0 Å². The van der Waals surface area contributed by atoms with E-state index in [9.17, 15) is 0 Å². The largest absolute Gasteiger partial charge is 0.381 e. The molecule has 3 aliphatic heterocycles. The molecule has 3 aliphatic rings. The van der Waals surface area contributed by atoms with Crippen LogP contribution in [0.1, 0.15) is 25.7 Å². The fraction of sp³-hybridized carbons (Fsp3) is 0.929. The standard InChI is InChI=1S/C14H26N4O.HI/c1-17-9-6-15-13(17)16-12-14(4-10-19-11-5-14)18-7-2-3-8-18;/h2-12H2,1H3,(H,15,16);1H. The van der Waals surface area contributed by atoms with Crippen molar-refractivity contribution < 1.29 is 4.74 Å². The Morgan fingerprint density at radius 3 is 2.50 bits per heavy atom. The predicted molar refractivity (Wildman–Crippen MR) is 91.9 cm³/mol. The zero-order valence-electron chi connectivity index (χ0n) is 12.4. The van der Waals surface area contributed by atoms with Gasteiger partial charge in [0.1, 0.15) is 0 Å². The summed E-state index contributed by atoms with van der Waals surface area (Å²) in [6.45, 7) is 7.30. The first kappa shape index (κ1) is 16.3. The molecule has 0 amide bonds. The number of rotatable bonds is 3. The number of aliphatic imine (C=N–C) groups is 1. The summed E-state index contributed by atoms with van der Waals surface area (Å²) in [6, 6.07) is 0. The van der Waals surface area contributed by atoms with E-state index in [1.807, 2.05) is 0 Å². The third-order valence-corrected chi connectivity index (χ3v) is 4.83. The number of hydrogen-bond acceptors (Lipinski definition) is 5. The second-order valence-electron chi connectivity index (χ2n) is 6.01. The normalized spacial score (nSPS) is 26.2. The summed E-state index contributed by atoms with van der Waals surface area (Å²) in [5, 5.41) is 3.60. The molecule has 0 aromatic rings. The molecule has 6 heteroatoms. The average Bonchev–Trinajstić information content (AvgIpc) is 3.09. The van der Waals surface area contributed by atoms with Crippen molar-refractivity contribution in [3.63, 3.8) is 0 Å². The highest BCUT2D eigenvalue weighted by atomic mass is 127. The Balaban J connectivity index is 0.00000147. The van der Waals surface area contributed by atoms with Crippen LogP contribution in [0.15, 0.2) is 4.99 Å². The van der Waals surface area contributed by atoms with Gasteiger partial charge < -0.3 is 15.0 Å². The van der Waals surface area contributed by atoms with Crippen molar-refractivity contribution in [1.29, 1.82) is 0 Å². The monoisotopic (exact) mass is 394 g/mol. The van der Waals surface area contributed by atoms with Gasteiger partial charge in [-0.15, -0.1) is 24.0 Å². The molecule has 0 spiro atoms. The molecule has 3 rings (SSSR count). The van der Waals surface area contributed by atoms with E-state index in [1.54, 1.807) is 0 Å². The lowest BCUT2D eigenvalue weighted by Crippen LogP contribution is -2.58. The Morgan fingerprint density at radius 2 is 1.90 bits per heavy atom. The van der Waals surface area contributed by atoms with Gasteiger partial charge in [-0.3, -0.25) is 9.89 Å². The molecule has 0 saturated carbocycles. The highest BCUT2D eigenvalue weighted by Gasteiger charge is 2.39. The minimum absolute atomic E-state index is 0. The summed E-state index contributed by atoms with van der Waals surface area (Å²) in [5.74, 6) is 1.07. The summed E-state index contributed by atoms with van der Waals surface area (Å²) in [6.07, 6.45) is 5.00. The maximum absolute atomic E-state index is 5.58.